The third-order valence-corrected chi connectivity index (χ3v) is 8.01. The van der Waals surface area contributed by atoms with E-state index in [1.165, 1.54) is 18.2 Å². The first-order valence-corrected chi connectivity index (χ1v) is 15.8. The van der Waals surface area contributed by atoms with Crippen molar-refractivity contribution in [1.29, 1.82) is 0 Å². The maximum atomic E-state index is 14.4. The average Bonchev–Trinajstić information content (AvgIpc) is 3.52. The van der Waals surface area contributed by atoms with Crippen LogP contribution in [0.5, 0.6) is 5.75 Å². The highest BCUT2D eigenvalue weighted by Gasteiger charge is 2.53. The SMILES string of the molecule is [N-]=[N+]=NCc1ccccc1[C@@H]1OC(c2ccc(OCCCO)cc2)=N[C@]1(C/C=C/c1ccccc1)C(=O)NNCc1ccccc1C(F)(F)F. The number of carbonyl (C=O) groups is 1. The predicted molar refractivity (Wildman–Crippen MR) is 183 cm³/mol. The number of aliphatic imine (C=N–C) groups is 1. The zero-order valence-electron chi connectivity index (χ0n) is 26.9. The van der Waals surface area contributed by atoms with Crippen molar-refractivity contribution in [3.05, 3.63) is 153 Å². The highest BCUT2D eigenvalue weighted by Crippen LogP contribution is 2.44. The van der Waals surface area contributed by atoms with Gasteiger partial charge in [0.05, 0.1) is 18.7 Å². The van der Waals surface area contributed by atoms with Crippen molar-refractivity contribution in [2.45, 2.75) is 43.8 Å². The molecule has 13 heteroatoms. The molecule has 0 aliphatic carbocycles. The number of carbonyl (C=O) groups excluding carboxylic acids is 1. The van der Waals surface area contributed by atoms with Gasteiger partial charge in [0.2, 0.25) is 5.90 Å². The first-order chi connectivity index (χ1) is 24.2. The number of ether oxygens (including phenoxy) is 2. The number of hydrogen-bond acceptors (Lipinski definition) is 7. The molecule has 1 amide bonds. The second kappa shape index (κ2) is 16.7. The van der Waals surface area contributed by atoms with Gasteiger partial charge in [0, 0.05) is 36.5 Å². The second-order valence-corrected chi connectivity index (χ2v) is 11.4. The van der Waals surface area contributed by atoms with Crippen LogP contribution >= 0.6 is 0 Å². The Hall–Kier alpha value is -5.62. The van der Waals surface area contributed by atoms with E-state index in [0.717, 1.165) is 11.6 Å². The van der Waals surface area contributed by atoms with Crippen molar-refractivity contribution in [2.24, 2.45) is 10.1 Å². The zero-order valence-corrected chi connectivity index (χ0v) is 26.9. The Bertz CT molecular complexity index is 1860. The number of rotatable bonds is 15. The summed E-state index contributed by atoms with van der Waals surface area (Å²) in [5.74, 6) is 0.0682. The molecule has 0 saturated heterocycles. The quantitative estimate of drug-likeness (QED) is 0.0392. The van der Waals surface area contributed by atoms with E-state index in [0.29, 0.717) is 35.5 Å². The number of nitrogens with zero attached hydrogens (tertiary/aromatic N) is 4. The number of halogens is 3. The molecule has 0 radical (unpaired) electrons. The summed E-state index contributed by atoms with van der Waals surface area (Å²) in [6, 6.07) is 28.5. The van der Waals surface area contributed by atoms with Crippen molar-refractivity contribution < 1.29 is 32.5 Å². The standard InChI is InChI=1S/C37H35F3N6O4/c38-37(39,40)32-16-7-5-14-29(32)25-42-45-35(48)36(21-8-12-26-10-2-1-3-11-26)33(31-15-6-4-13-28(31)24-43-46-41)50-34(44-36)27-17-19-30(20-18-27)49-23-9-22-47/h1-8,10-20,33,42,47H,9,21-25H2,(H,45,48)/b12-8+/t33-,36-/m0/s1. The Balaban J connectivity index is 1.55. The Morgan fingerprint density at radius 3 is 2.42 bits per heavy atom. The number of aliphatic hydroxyl groups excluding tert-OH is 1. The first kappa shape index (κ1) is 35.7. The number of amides is 1. The molecule has 50 heavy (non-hydrogen) atoms. The first-order valence-electron chi connectivity index (χ1n) is 15.8. The van der Waals surface area contributed by atoms with E-state index >= 15 is 0 Å². The van der Waals surface area contributed by atoms with Crippen LogP contribution < -0.4 is 15.6 Å². The van der Waals surface area contributed by atoms with Gasteiger partial charge in [-0.1, -0.05) is 90.1 Å². The topological polar surface area (TPSA) is 141 Å². The number of alkyl halides is 3. The highest BCUT2D eigenvalue weighted by molar-refractivity contribution is 6.01. The van der Waals surface area contributed by atoms with Crippen LogP contribution in [0.3, 0.4) is 0 Å². The van der Waals surface area contributed by atoms with E-state index in [1.54, 1.807) is 54.6 Å². The Kier molecular flexibility index (Phi) is 11.9. The van der Waals surface area contributed by atoms with Gasteiger partial charge in [0.15, 0.2) is 11.6 Å². The van der Waals surface area contributed by atoms with Crippen LogP contribution in [-0.4, -0.2) is 35.7 Å². The number of benzene rings is 4. The van der Waals surface area contributed by atoms with Crippen LogP contribution in [-0.2, 0) is 28.8 Å². The molecule has 1 aliphatic rings. The number of hydrogen-bond donors (Lipinski definition) is 3. The summed E-state index contributed by atoms with van der Waals surface area (Å²) in [5, 5.41) is 12.8. The lowest BCUT2D eigenvalue weighted by atomic mass is 9.82. The monoisotopic (exact) mass is 684 g/mol. The maximum Gasteiger partial charge on any atom is 0.416 e. The Morgan fingerprint density at radius 2 is 1.70 bits per heavy atom. The summed E-state index contributed by atoms with van der Waals surface area (Å²) in [7, 11) is 0. The Labute approximate surface area is 286 Å². The van der Waals surface area contributed by atoms with E-state index in [1.807, 2.05) is 36.4 Å². The van der Waals surface area contributed by atoms with Gasteiger partial charge in [-0.2, -0.15) is 13.2 Å². The van der Waals surface area contributed by atoms with Crippen LogP contribution in [0, 0.1) is 0 Å². The van der Waals surface area contributed by atoms with Crippen molar-refractivity contribution in [3.63, 3.8) is 0 Å². The molecule has 0 unspecified atom stereocenters. The largest absolute Gasteiger partial charge is 0.494 e. The van der Waals surface area contributed by atoms with Gasteiger partial charge in [-0.05, 0) is 58.1 Å². The van der Waals surface area contributed by atoms with Crippen molar-refractivity contribution >= 4 is 17.9 Å². The lowest BCUT2D eigenvalue weighted by Crippen LogP contribution is -2.52. The van der Waals surface area contributed by atoms with E-state index in [4.69, 9.17) is 25.1 Å². The van der Waals surface area contributed by atoms with Crippen LogP contribution in [0.1, 0.15) is 52.3 Å². The maximum absolute atomic E-state index is 14.4. The summed E-state index contributed by atoms with van der Waals surface area (Å²) in [6.45, 7) is -0.0108. The molecular weight excluding hydrogens is 649 g/mol. The second-order valence-electron chi connectivity index (χ2n) is 11.4. The zero-order chi connectivity index (χ0) is 35.4. The van der Waals surface area contributed by atoms with Gasteiger partial charge in [0.25, 0.3) is 5.91 Å². The summed E-state index contributed by atoms with van der Waals surface area (Å²) in [4.78, 5) is 22.2. The van der Waals surface area contributed by atoms with E-state index < -0.39 is 29.3 Å². The lowest BCUT2D eigenvalue weighted by molar-refractivity contribution is -0.138. The lowest BCUT2D eigenvalue weighted by Gasteiger charge is -2.31. The number of aliphatic hydroxyl groups is 1. The molecule has 2 atom stereocenters. The molecule has 0 aromatic heterocycles. The van der Waals surface area contributed by atoms with Crippen molar-refractivity contribution in [1.82, 2.24) is 10.9 Å². The molecule has 0 bridgehead atoms. The van der Waals surface area contributed by atoms with Crippen LogP contribution in [0.15, 0.2) is 119 Å². The smallest absolute Gasteiger partial charge is 0.416 e. The van der Waals surface area contributed by atoms with Crippen LogP contribution in [0.2, 0.25) is 0 Å². The molecule has 0 saturated carbocycles. The normalized spacial score (nSPS) is 17.1. The molecule has 4 aromatic rings. The number of azide groups is 1. The molecule has 258 valence electrons. The number of hydrazine groups is 1. The molecule has 5 rings (SSSR count). The fraction of sp³-hybridized carbons (Fsp3) is 0.243. The summed E-state index contributed by atoms with van der Waals surface area (Å²) >= 11 is 0. The third kappa shape index (κ3) is 8.69. The molecule has 1 heterocycles. The minimum atomic E-state index is -4.58. The molecular formula is C37H35F3N6O4. The highest BCUT2D eigenvalue weighted by atomic mass is 19.4. The summed E-state index contributed by atoms with van der Waals surface area (Å²) < 4.78 is 53.3. The summed E-state index contributed by atoms with van der Waals surface area (Å²) in [5.41, 5.74) is 14.4. The summed E-state index contributed by atoms with van der Waals surface area (Å²) in [6.07, 6.45) is -1.47. The van der Waals surface area contributed by atoms with Gasteiger partial charge in [-0.15, -0.1) is 0 Å². The van der Waals surface area contributed by atoms with E-state index in [9.17, 15) is 18.0 Å². The molecule has 4 aromatic carbocycles. The van der Waals surface area contributed by atoms with Crippen molar-refractivity contribution in [2.75, 3.05) is 13.2 Å². The third-order valence-electron chi connectivity index (χ3n) is 8.01. The molecule has 0 fully saturated rings. The fourth-order valence-electron chi connectivity index (χ4n) is 5.55. The van der Waals surface area contributed by atoms with Crippen LogP contribution in [0.25, 0.3) is 16.5 Å². The molecule has 0 spiro atoms. The van der Waals surface area contributed by atoms with Gasteiger partial charge >= 0.3 is 6.18 Å². The molecule has 1 aliphatic heterocycles. The van der Waals surface area contributed by atoms with Gasteiger partial charge in [-0.25, -0.2) is 10.4 Å². The minimum absolute atomic E-state index is 0.00215. The van der Waals surface area contributed by atoms with Gasteiger partial charge in [-0.3, -0.25) is 10.2 Å². The van der Waals surface area contributed by atoms with Gasteiger partial charge in [0.1, 0.15) is 5.75 Å². The number of nitrogens with one attached hydrogen (secondary N) is 2. The van der Waals surface area contributed by atoms with Gasteiger partial charge < -0.3 is 14.6 Å². The molecule has 3 N–H and O–H groups in total. The van der Waals surface area contributed by atoms with E-state index in [-0.39, 0.29) is 37.6 Å². The van der Waals surface area contributed by atoms with E-state index in [2.05, 4.69) is 20.9 Å². The predicted octanol–water partition coefficient (Wildman–Crippen LogP) is 7.46. The minimum Gasteiger partial charge on any atom is -0.494 e. The van der Waals surface area contributed by atoms with Crippen molar-refractivity contribution in [3.8, 4) is 5.75 Å². The van der Waals surface area contributed by atoms with Crippen LogP contribution in [0.4, 0.5) is 13.2 Å². The fourth-order valence-corrected chi connectivity index (χ4v) is 5.55. The Morgan fingerprint density at radius 1 is 1.00 bits per heavy atom. The average molecular weight is 685 g/mol. The molecule has 10 nitrogen and oxygen atoms in total.